The Morgan fingerprint density at radius 1 is 0.800 bits per heavy atom. The quantitative estimate of drug-likeness (QED) is 0.687. The molecule has 0 saturated carbocycles. The van der Waals surface area contributed by atoms with Gasteiger partial charge in [0.2, 0.25) is 0 Å². The van der Waals surface area contributed by atoms with Gasteiger partial charge in [-0.25, -0.2) is 0 Å². The second-order valence-corrected chi connectivity index (χ2v) is 5.16. The van der Waals surface area contributed by atoms with Gasteiger partial charge in [-0.15, -0.1) is 0 Å². The summed E-state index contributed by atoms with van der Waals surface area (Å²) in [5.74, 6) is -0.238. The van der Waals surface area contributed by atoms with Crippen molar-refractivity contribution in [1.82, 2.24) is 0 Å². The Balaban J connectivity index is 2.14. The molecule has 0 bridgehead atoms. The zero-order valence-electron chi connectivity index (χ0n) is 10.8. The molecule has 0 spiro atoms. The molecule has 0 saturated heterocycles. The van der Waals surface area contributed by atoms with Crippen molar-refractivity contribution < 1.29 is 19.1 Å². The third-order valence-electron chi connectivity index (χ3n) is 3.93. The molecule has 2 aromatic rings. The van der Waals surface area contributed by atoms with Crippen LogP contribution in [0.2, 0.25) is 0 Å². The average Bonchev–Trinajstić information content (AvgIpc) is 2.70. The number of cyclic esters (lactones) is 1. The van der Waals surface area contributed by atoms with E-state index in [1.165, 1.54) is 0 Å². The van der Waals surface area contributed by atoms with Gasteiger partial charge in [-0.1, -0.05) is 24.3 Å². The Hall–Kier alpha value is -2.20. The third kappa shape index (κ3) is 1.58. The number of rotatable bonds is 0. The summed E-state index contributed by atoms with van der Waals surface area (Å²) < 4.78 is 10.6. The Labute approximate surface area is 115 Å². The van der Waals surface area contributed by atoms with E-state index < -0.39 is 0 Å². The molecule has 0 N–H and O–H groups in total. The number of carbonyl (C=O) groups is 2. The van der Waals surface area contributed by atoms with Crippen molar-refractivity contribution in [2.75, 3.05) is 6.61 Å². The minimum absolute atomic E-state index is 0.0102. The molecule has 0 aromatic heterocycles. The summed E-state index contributed by atoms with van der Waals surface area (Å²) in [5.41, 5.74) is 3.58. The van der Waals surface area contributed by atoms with Gasteiger partial charge in [-0.05, 0) is 27.5 Å². The lowest BCUT2D eigenvalue weighted by atomic mass is 9.90. The number of esters is 1. The molecule has 2 aliphatic heterocycles. The first-order valence-corrected chi connectivity index (χ1v) is 6.57. The summed E-state index contributed by atoms with van der Waals surface area (Å²) in [6, 6.07) is 7.59. The Bertz CT molecular complexity index is 761. The van der Waals surface area contributed by atoms with Gasteiger partial charge in [0.1, 0.15) is 13.2 Å². The molecule has 0 aliphatic carbocycles. The van der Waals surface area contributed by atoms with E-state index in [0.29, 0.717) is 12.2 Å². The van der Waals surface area contributed by atoms with E-state index in [0.717, 1.165) is 27.5 Å². The molecular formula is C16H12O4. The molecule has 4 nitrogen and oxygen atoms in total. The smallest absolute Gasteiger partial charge is 0.310 e. The van der Waals surface area contributed by atoms with Gasteiger partial charge in [0.05, 0.1) is 13.0 Å². The van der Waals surface area contributed by atoms with Crippen LogP contribution >= 0.6 is 0 Å². The van der Waals surface area contributed by atoms with Crippen molar-refractivity contribution in [3.63, 3.8) is 0 Å². The summed E-state index contributed by atoms with van der Waals surface area (Å²) >= 11 is 0. The zero-order valence-corrected chi connectivity index (χ0v) is 10.8. The maximum Gasteiger partial charge on any atom is 0.310 e. The molecule has 4 heteroatoms. The number of Topliss-reactive ketones (excluding diaryl/α,β-unsaturated/α-hetero) is 1. The minimum Gasteiger partial charge on any atom is -0.461 e. The van der Waals surface area contributed by atoms with Crippen LogP contribution in [0.1, 0.15) is 27.0 Å². The topological polar surface area (TPSA) is 52.6 Å². The normalized spacial score (nSPS) is 17.6. The number of ketones is 1. The van der Waals surface area contributed by atoms with Crippen LogP contribution < -0.4 is 0 Å². The van der Waals surface area contributed by atoms with Crippen LogP contribution in [0, 0.1) is 0 Å². The van der Waals surface area contributed by atoms with Crippen LogP contribution in [-0.2, 0) is 33.9 Å². The lowest BCUT2D eigenvalue weighted by molar-refractivity contribution is -0.143. The molecule has 20 heavy (non-hydrogen) atoms. The van der Waals surface area contributed by atoms with Crippen LogP contribution in [-0.4, -0.2) is 18.4 Å². The third-order valence-corrected chi connectivity index (χ3v) is 3.93. The molecule has 0 atom stereocenters. The molecule has 2 aliphatic rings. The molecule has 4 rings (SSSR count). The molecule has 100 valence electrons. The van der Waals surface area contributed by atoms with E-state index in [4.69, 9.17) is 9.47 Å². The van der Waals surface area contributed by atoms with Gasteiger partial charge in [-0.2, -0.15) is 0 Å². The van der Waals surface area contributed by atoms with Gasteiger partial charge in [0.15, 0.2) is 5.78 Å². The highest BCUT2D eigenvalue weighted by atomic mass is 16.5. The van der Waals surface area contributed by atoms with Crippen LogP contribution in [0.5, 0.6) is 0 Å². The highest BCUT2D eigenvalue weighted by Crippen LogP contribution is 2.34. The summed E-state index contributed by atoms with van der Waals surface area (Å²) in [4.78, 5) is 23.8. The van der Waals surface area contributed by atoms with E-state index in [2.05, 4.69) is 0 Å². The fourth-order valence-electron chi connectivity index (χ4n) is 3.03. The van der Waals surface area contributed by atoms with Crippen molar-refractivity contribution >= 4 is 22.5 Å². The molecule has 2 heterocycles. The van der Waals surface area contributed by atoms with E-state index in [1.54, 1.807) is 0 Å². The van der Waals surface area contributed by atoms with Crippen molar-refractivity contribution in [2.45, 2.75) is 19.6 Å². The van der Waals surface area contributed by atoms with Gasteiger partial charge < -0.3 is 9.47 Å². The van der Waals surface area contributed by atoms with E-state index in [-0.39, 0.29) is 31.4 Å². The first-order valence-electron chi connectivity index (χ1n) is 6.57. The fraction of sp³-hybridized carbons (Fsp3) is 0.250. The monoisotopic (exact) mass is 268 g/mol. The molecule has 0 fully saturated rings. The summed E-state index contributed by atoms with van der Waals surface area (Å²) in [6.45, 7) is 0.794. The highest BCUT2D eigenvalue weighted by Gasteiger charge is 2.24. The van der Waals surface area contributed by atoms with Crippen LogP contribution in [0.3, 0.4) is 0 Å². The molecular weight excluding hydrogens is 256 g/mol. The Kier molecular flexibility index (Phi) is 2.41. The number of hydrogen-bond donors (Lipinski definition) is 0. The SMILES string of the molecule is O=C1Cc2ccc3c4c(ccc(c24)CO1)C(=O)COC3. The lowest BCUT2D eigenvalue weighted by Crippen LogP contribution is -2.06. The first kappa shape index (κ1) is 11.6. The standard InChI is InChI=1S/C16H12O4/c17-13-8-19-6-10-2-1-9-5-14(18)20-7-11-3-4-12(13)16(10)15(9)11/h1-4H,5-8H2. The highest BCUT2D eigenvalue weighted by molar-refractivity contribution is 6.12. The average molecular weight is 268 g/mol. The second kappa shape index (κ2) is 4.15. The van der Waals surface area contributed by atoms with Crippen molar-refractivity contribution in [3.8, 4) is 0 Å². The predicted octanol–water partition coefficient (Wildman–Crippen LogP) is 2.15. The number of benzene rings is 2. The van der Waals surface area contributed by atoms with E-state index in [9.17, 15) is 9.59 Å². The van der Waals surface area contributed by atoms with E-state index in [1.807, 2.05) is 24.3 Å². The van der Waals surface area contributed by atoms with Gasteiger partial charge in [0, 0.05) is 5.56 Å². The lowest BCUT2D eigenvalue weighted by Gasteiger charge is -2.12. The number of ether oxygens (including phenoxy) is 2. The summed E-state index contributed by atoms with van der Waals surface area (Å²) in [7, 11) is 0. The van der Waals surface area contributed by atoms with Crippen LogP contribution in [0.25, 0.3) is 10.8 Å². The van der Waals surface area contributed by atoms with Gasteiger partial charge in [-0.3, -0.25) is 9.59 Å². The summed E-state index contributed by atoms with van der Waals surface area (Å²) in [6.07, 6.45) is 0.252. The maximum atomic E-state index is 12.1. The molecule has 2 aromatic carbocycles. The molecule has 0 amide bonds. The molecule has 0 unspecified atom stereocenters. The minimum atomic E-state index is -0.228. The van der Waals surface area contributed by atoms with Crippen molar-refractivity contribution in [2.24, 2.45) is 0 Å². The Morgan fingerprint density at radius 2 is 1.55 bits per heavy atom. The molecule has 0 radical (unpaired) electrons. The summed E-state index contributed by atoms with van der Waals surface area (Å²) in [5, 5.41) is 1.92. The van der Waals surface area contributed by atoms with E-state index >= 15 is 0 Å². The van der Waals surface area contributed by atoms with Gasteiger partial charge >= 0.3 is 5.97 Å². The van der Waals surface area contributed by atoms with Crippen molar-refractivity contribution in [1.29, 1.82) is 0 Å². The Morgan fingerprint density at radius 3 is 2.45 bits per heavy atom. The predicted molar refractivity (Wildman–Crippen MR) is 71.4 cm³/mol. The van der Waals surface area contributed by atoms with Crippen LogP contribution in [0.4, 0.5) is 0 Å². The second-order valence-electron chi connectivity index (χ2n) is 5.16. The van der Waals surface area contributed by atoms with Crippen molar-refractivity contribution in [3.05, 3.63) is 46.5 Å². The number of carbonyl (C=O) groups excluding carboxylic acids is 2. The number of hydrogen-bond acceptors (Lipinski definition) is 4. The van der Waals surface area contributed by atoms with Gasteiger partial charge in [0.25, 0.3) is 0 Å². The van der Waals surface area contributed by atoms with Crippen LogP contribution in [0.15, 0.2) is 24.3 Å². The maximum absolute atomic E-state index is 12.1. The fourth-order valence-corrected chi connectivity index (χ4v) is 3.03. The first-order chi connectivity index (χ1) is 9.74. The zero-order chi connectivity index (χ0) is 13.7. The largest absolute Gasteiger partial charge is 0.461 e.